The molecule has 102 valence electrons. The van der Waals surface area contributed by atoms with Crippen LogP contribution >= 0.6 is 11.3 Å². The Morgan fingerprint density at radius 3 is 2.85 bits per heavy atom. The van der Waals surface area contributed by atoms with Gasteiger partial charge in [-0.2, -0.15) is 0 Å². The molecule has 0 bridgehead atoms. The van der Waals surface area contributed by atoms with Crippen LogP contribution in [0.5, 0.6) is 0 Å². The first-order valence-corrected chi connectivity index (χ1v) is 6.91. The number of hydrogen-bond acceptors (Lipinski definition) is 4. The molecule has 0 spiro atoms. The molecule has 1 aromatic heterocycles. The first-order chi connectivity index (χ1) is 9.60. The smallest absolute Gasteiger partial charge is 0.267 e. The first kappa shape index (κ1) is 14.3. The first-order valence-electron chi connectivity index (χ1n) is 6.03. The van der Waals surface area contributed by atoms with Crippen molar-refractivity contribution >= 4 is 22.9 Å². The van der Waals surface area contributed by atoms with Gasteiger partial charge in [0.25, 0.3) is 5.91 Å². The fourth-order valence-corrected chi connectivity index (χ4v) is 2.47. The van der Waals surface area contributed by atoms with Crippen LogP contribution in [0.3, 0.4) is 0 Å². The van der Waals surface area contributed by atoms with Crippen LogP contribution in [0.25, 0.3) is 0 Å². The van der Waals surface area contributed by atoms with E-state index in [1.54, 1.807) is 18.5 Å². The number of rotatable bonds is 2. The van der Waals surface area contributed by atoms with Crippen molar-refractivity contribution in [3.63, 3.8) is 0 Å². The summed E-state index contributed by atoms with van der Waals surface area (Å²) < 4.78 is 0. The van der Waals surface area contributed by atoms with Gasteiger partial charge in [0.15, 0.2) is 0 Å². The van der Waals surface area contributed by atoms with Gasteiger partial charge in [-0.25, -0.2) is 4.98 Å². The van der Waals surface area contributed by atoms with Crippen LogP contribution in [0, 0.1) is 25.7 Å². The number of nitrogens with zero attached hydrogens (tertiary/aromatic N) is 1. The number of anilines is 1. The fraction of sp³-hybridized carbons (Fsp3) is 0.200. The van der Waals surface area contributed by atoms with Gasteiger partial charge in [-0.1, -0.05) is 11.8 Å². The average molecular weight is 286 g/mol. The van der Waals surface area contributed by atoms with Gasteiger partial charge < -0.3 is 10.4 Å². The number of amides is 1. The second-order valence-corrected chi connectivity index (χ2v) is 5.12. The Labute approximate surface area is 121 Å². The van der Waals surface area contributed by atoms with Crippen molar-refractivity contribution in [2.24, 2.45) is 0 Å². The molecule has 1 heterocycles. The molecule has 0 aliphatic carbocycles. The van der Waals surface area contributed by atoms with E-state index >= 15 is 0 Å². The van der Waals surface area contributed by atoms with Crippen molar-refractivity contribution in [3.8, 4) is 11.8 Å². The molecule has 2 rings (SSSR count). The highest BCUT2D eigenvalue weighted by Gasteiger charge is 2.12. The molecule has 20 heavy (non-hydrogen) atoms. The molecule has 2 N–H and O–H groups in total. The summed E-state index contributed by atoms with van der Waals surface area (Å²) in [5.41, 5.74) is 4.81. The number of aromatic nitrogens is 1. The average Bonchev–Trinajstić information content (AvgIpc) is 2.82. The van der Waals surface area contributed by atoms with Crippen LogP contribution in [0.2, 0.25) is 0 Å². The maximum atomic E-state index is 12.1. The lowest BCUT2D eigenvalue weighted by Gasteiger charge is -2.06. The van der Waals surface area contributed by atoms with Gasteiger partial charge in [0.05, 0.1) is 11.2 Å². The molecule has 5 heteroatoms. The third-order valence-corrected chi connectivity index (χ3v) is 3.53. The number of carbonyl (C=O) groups excluding carboxylic acids is 1. The molecule has 0 saturated heterocycles. The quantitative estimate of drug-likeness (QED) is 0.833. The number of hydrogen-bond donors (Lipinski definition) is 2. The summed E-state index contributed by atoms with van der Waals surface area (Å²) in [6.07, 6.45) is 0. The van der Waals surface area contributed by atoms with Crippen molar-refractivity contribution in [2.45, 2.75) is 13.8 Å². The molecule has 4 nitrogen and oxygen atoms in total. The Hall–Kier alpha value is -2.16. The predicted molar refractivity (Wildman–Crippen MR) is 79.9 cm³/mol. The lowest BCUT2D eigenvalue weighted by molar-refractivity contribution is 0.103. The summed E-state index contributed by atoms with van der Waals surface area (Å²) >= 11 is 1.31. The van der Waals surface area contributed by atoms with Crippen LogP contribution < -0.4 is 5.32 Å². The zero-order chi connectivity index (χ0) is 14.5. The molecule has 0 aliphatic heterocycles. The summed E-state index contributed by atoms with van der Waals surface area (Å²) in [5.74, 6) is 5.26. The summed E-state index contributed by atoms with van der Waals surface area (Å²) in [7, 11) is 0. The summed E-state index contributed by atoms with van der Waals surface area (Å²) in [5, 5.41) is 11.6. The fourth-order valence-electron chi connectivity index (χ4n) is 1.78. The van der Waals surface area contributed by atoms with E-state index in [9.17, 15) is 4.79 Å². The highest BCUT2D eigenvalue weighted by Crippen LogP contribution is 2.18. The molecule has 2 aromatic rings. The Morgan fingerprint density at radius 2 is 2.20 bits per heavy atom. The minimum absolute atomic E-state index is 0.170. The Balaban J connectivity index is 2.23. The van der Waals surface area contributed by atoms with Crippen LogP contribution in [-0.2, 0) is 0 Å². The van der Waals surface area contributed by atoms with E-state index in [0.29, 0.717) is 10.6 Å². The van der Waals surface area contributed by atoms with E-state index in [-0.39, 0.29) is 12.5 Å². The van der Waals surface area contributed by atoms with Crippen molar-refractivity contribution in [2.75, 3.05) is 11.9 Å². The molecule has 0 saturated carbocycles. The molecule has 1 amide bonds. The molecule has 0 fully saturated rings. The van der Waals surface area contributed by atoms with Gasteiger partial charge in [-0.05, 0) is 37.6 Å². The van der Waals surface area contributed by atoms with Crippen molar-refractivity contribution in [1.29, 1.82) is 0 Å². The van der Waals surface area contributed by atoms with Crippen LogP contribution in [0.1, 0.15) is 26.5 Å². The zero-order valence-electron chi connectivity index (χ0n) is 11.2. The molecule has 0 unspecified atom stereocenters. The normalized spacial score (nSPS) is 9.75. The predicted octanol–water partition coefficient (Wildman–Crippen LogP) is 2.36. The second-order valence-electron chi connectivity index (χ2n) is 4.27. The highest BCUT2D eigenvalue weighted by molar-refractivity contribution is 7.12. The minimum atomic E-state index is -0.185. The Kier molecular flexibility index (Phi) is 4.51. The molecular weight excluding hydrogens is 272 g/mol. The zero-order valence-corrected chi connectivity index (χ0v) is 12.0. The molecule has 0 radical (unpaired) electrons. The number of carbonyl (C=O) groups is 1. The van der Waals surface area contributed by atoms with E-state index in [1.165, 1.54) is 11.3 Å². The maximum Gasteiger partial charge on any atom is 0.267 e. The SMILES string of the molecule is Cc1cc(C#CCO)cc(NC(=O)c2scnc2C)c1. The topological polar surface area (TPSA) is 62.2 Å². The monoisotopic (exact) mass is 286 g/mol. The van der Waals surface area contributed by atoms with E-state index in [1.807, 2.05) is 19.1 Å². The number of aliphatic hydroxyl groups excluding tert-OH is 1. The van der Waals surface area contributed by atoms with Crippen molar-refractivity contribution < 1.29 is 9.90 Å². The lowest BCUT2D eigenvalue weighted by atomic mass is 10.1. The number of benzene rings is 1. The third-order valence-electron chi connectivity index (χ3n) is 2.60. The number of aliphatic hydroxyl groups is 1. The van der Waals surface area contributed by atoms with E-state index in [4.69, 9.17) is 5.11 Å². The lowest BCUT2D eigenvalue weighted by Crippen LogP contribution is -2.11. The number of aryl methyl sites for hydroxylation is 2. The standard InChI is InChI=1S/C15H14N2O2S/c1-10-6-12(4-3-5-18)8-13(7-10)17-15(19)14-11(2)16-9-20-14/h6-9,18H,5H2,1-2H3,(H,17,19). The number of nitrogens with one attached hydrogen (secondary N) is 1. The second kappa shape index (κ2) is 6.33. The van der Waals surface area contributed by atoms with Crippen LogP contribution in [0.15, 0.2) is 23.7 Å². The number of thiazole rings is 1. The summed E-state index contributed by atoms with van der Waals surface area (Å²) in [4.78, 5) is 16.8. The van der Waals surface area contributed by atoms with Gasteiger partial charge in [0.2, 0.25) is 0 Å². The van der Waals surface area contributed by atoms with Crippen LogP contribution in [-0.4, -0.2) is 22.6 Å². The Bertz CT molecular complexity index is 695. The van der Waals surface area contributed by atoms with Gasteiger partial charge in [0, 0.05) is 11.3 Å². The van der Waals surface area contributed by atoms with E-state index in [2.05, 4.69) is 22.1 Å². The summed E-state index contributed by atoms with van der Waals surface area (Å²) in [6, 6.07) is 5.55. The van der Waals surface area contributed by atoms with E-state index < -0.39 is 0 Å². The van der Waals surface area contributed by atoms with Gasteiger partial charge in [-0.15, -0.1) is 11.3 Å². The maximum absolute atomic E-state index is 12.1. The molecular formula is C15H14N2O2S. The molecule has 0 atom stereocenters. The minimum Gasteiger partial charge on any atom is -0.384 e. The van der Waals surface area contributed by atoms with Crippen molar-refractivity contribution in [1.82, 2.24) is 4.98 Å². The van der Waals surface area contributed by atoms with Gasteiger partial charge >= 0.3 is 0 Å². The van der Waals surface area contributed by atoms with E-state index in [0.717, 1.165) is 16.8 Å². The van der Waals surface area contributed by atoms with Gasteiger partial charge in [0.1, 0.15) is 11.5 Å². The molecule has 0 aliphatic rings. The van der Waals surface area contributed by atoms with Crippen molar-refractivity contribution in [3.05, 3.63) is 45.4 Å². The Morgan fingerprint density at radius 1 is 1.40 bits per heavy atom. The largest absolute Gasteiger partial charge is 0.384 e. The highest BCUT2D eigenvalue weighted by atomic mass is 32.1. The third kappa shape index (κ3) is 3.44. The molecule has 1 aromatic carbocycles. The van der Waals surface area contributed by atoms with Crippen LogP contribution in [0.4, 0.5) is 5.69 Å². The summed E-state index contributed by atoms with van der Waals surface area (Å²) in [6.45, 7) is 3.55. The van der Waals surface area contributed by atoms with Gasteiger partial charge in [-0.3, -0.25) is 4.79 Å².